The van der Waals surface area contributed by atoms with Gasteiger partial charge in [-0.1, -0.05) is 0 Å². The van der Waals surface area contributed by atoms with E-state index in [2.05, 4.69) is 0 Å². The van der Waals surface area contributed by atoms with E-state index < -0.39 is 5.78 Å². The zero-order valence-electron chi connectivity index (χ0n) is 2.41. The first-order chi connectivity index (χ1) is 1.73. The van der Waals surface area contributed by atoms with Crippen LogP contribution in [0.25, 0.3) is 0 Å². The predicted octanol–water partition coefficient (Wildman–Crippen LogP) is 0.163. The minimum Gasteiger partial charge on any atom is -0.299 e. The van der Waals surface area contributed by atoms with Gasteiger partial charge in [-0.2, -0.15) is 0 Å². The second-order valence-electron chi connectivity index (χ2n) is 0.556. The largest absolute Gasteiger partial charge is 0.299 e. The van der Waals surface area contributed by atoms with Gasteiger partial charge in [0.2, 0.25) is 0 Å². The lowest BCUT2D eigenvalue weighted by Gasteiger charge is -1.54. The molecule has 0 atom stereocenters. The lowest BCUT2D eigenvalue weighted by atomic mass is 10.6. The predicted molar refractivity (Wildman–Crippen MR) is 13.9 cm³/mol. The van der Waals surface area contributed by atoms with Crippen molar-refractivity contribution >= 4 is 5.78 Å². The summed E-state index contributed by atoms with van der Waals surface area (Å²) in [4.78, 5) is 9.11. The maximum atomic E-state index is 9.11. The van der Waals surface area contributed by atoms with E-state index in [0.29, 0.717) is 0 Å². The van der Waals surface area contributed by atoms with Crippen molar-refractivity contribution in [3.63, 3.8) is 0 Å². The molecule has 0 spiro atoms. The van der Waals surface area contributed by atoms with Crippen LogP contribution in [-0.4, -0.2) is 5.78 Å². The summed E-state index contributed by atoms with van der Waals surface area (Å²) in [5.74, 6) is -0.583. The SMILES string of the molecule is [C]C(C)=O. The summed E-state index contributed by atoms with van der Waals surface area (Å²) in [7, 11) is 0. The number of rotatable bonds is 0. The van der Waals surface area contributed by atoms with Crippen molar-refractivity contribution < 1.29 is 4.79 Å². The highest BCUT2D eigenvalue weighted by Crippen LogP contribution is 1.49. The van der Waals surface area contributed by atoms with Crippen LogP contribution < -0.4 is 0 Å². The van der Waals surface area contributed by atoms with Crippen LogP contribution >= 0.6 is 0 Å². The van der Waals surface area contributed by atoms with E-state index in [-0.39, 0.29) is 0 Å². The minimum atomic E-state index is -0.583. The van der Waals surface area contributed by atoms with Gasteiger partial charge in [0, 0.05) is 0 Å². The summed E-state index contributed by atoms with van der Waals surface area (Å²) in [5, 5.41) is 0. The molecular formula is C3H3O. The molecule has 0 aliphatic heterocycles. The molecule has 0 unspecified atom stereocenters. The molecular weight excluding hydrogens is 52.0 g/mol. The van der Waals surface area contributed by atoms with Gasteiger partial charge in [0.05, 0.1) is 6.92 Å². The van der Waals surface area contributed by atoms with Crippen molar-refractivity contribution in [1.82, 2.24) is 0 Å². The van der Waals surface area contributed by atoms with Crippen molar-refractivity contribution in [2.75, 3.05) is 0 Å². The third-order valence-corrected chi connectivity index (χ3v) is 0. The van der Waals surface area contributed by atoms with Crippen LogP contribution in [-0.2, 0) is 4.79 Å². The summed E-state index contributed by atoms with van der Waals surface area (Å²) in [6, 6.07) is 0. The molecule has 0 aliphatic carbocycles. The van der Waals surface area contributed by atoms with E-state index >= 15 is 0 Å². The van der Waals surface area contributed by atoms with E-state index in [9.17, 15) is 0 Å². The fraction of sp³-hybridized carbons (Fsp3) is 0.333. The summed E-state index contributed by atoms with van der Waals surface area (Å²) in [6.07, 6.45) is 0. The maximum Gasteiger partial charge on any atom is 0.139 e. The minimum absolute atomic E-state index is 0.583. The molecule has 0 bridgehead atoms. The molecule has 4 heavy (non-hydrogen) atoms. The Morgan fingerprint density at radius 2 is 2.00 bits per heavy atom. The van der Waals surface area contributed by atoms with E-state index in [1.807, 2.05) is 0 Å². The molecule has 0 aromatic heterocycles. The van der Waals surface area contributed by atoms with Gasteiger partial charge in [0.15, 0.2) is 0 Å². The number of hydrogen-bond donors (Lipinski definition) is 0. The average molecular weight is 55.1 g/mol. The van der Waals surface area contributed by atoms with Crippen LogP contribution in [0.3, 0.4) is 0 Å². The number of hydrogen-bond acceptors (Lipinski definition) is 1. The van der Waals surface area contributed by atoms with Gasteiger partial charge < -0.3 is 0 Å². The molecule has 3 radical (unpaired) electrons. The van der Waals surface area contributed by atoms with E-state index in [1.165, 1.54) is 6.92 Å². The summed E-state index contributed by atoms with van der Waals surface area (Å²) < 4.78 is 0. The summed E-state index contributed by atoms with van der Waals surface area (Å²) >= 11 is 0. The Morgan fingerprint density at radius 3 is 2.00 bits per heavy atom. The Bertz CT molecular complexity index is 26.3. The average Bonchev–Trinajstić information content (AvgIpc) is 0.811. The zero-order chi connectivity index (χ0) is 3.58. The summed E-state index contributed by atoms with van der Waals surface area (Å²) in [5.41, 5.74) is 0. The second-order valence-corrected chi connectivity index (χ2v) is 0.556. The van der Waals surface area contributed by atoms with Gasteiger partial charge in [0.1, 0.15) is 5.78 Å². The lowest BCUT2D eigenvalue weighted by molar-refractivity contribution is -0.112. The van der Waals surface area contributed by atoms with Crippen LogP contribution in [0.15, 0.2) is 0 Å². The van der Waals surface area contributed by atoms with Crippen LogP contribution in [0, 0.1) is 6.92 Å². The maximum absolute atomic E-state index is 9.11. The molecule has 0 aromatic rings. The smallest absolute Gasteiger partial charge is 0.139 e. The molecule has 0 N–H and O–H groups in total. The number of ketones is 1. The van der Waals surface area contributed by atoms with E-state index in [1.54, 1.807) is 0 Å². The molecule has 1 heteroatoms. The topological polar surface area (TPSA) is 17.1 Å². The van der Waals surface area contributed by atoms with Crippen LogP contribution in [0.2, 0.25) is 0 Å². The van der Waals surface area contributed by atoms with E-state index in [0.717, 1.165) is 0 Å². The lowest BCUT2D eigenvalue weighted by Crippen LogP contribution is -1.70. The highest BCUT2D eigenvalue weighted by atomic mass is 16.1. The van der Waals surface area contributed by atoms with Gasteiger partial charge in [-0.05, 0) is 6.92 Å². The molecule has 0 rings (SSSR count). The van der Waals surface area contributed by atoms with Gasteiger partial charge in [-0.15, -0.1) is 0 Å². The highest BCUT2D eigenvalue weighted by Gasteiger charge is 1.64. The number of carbonyl (C=O) groups excluding carboxylic acids is 1. The molecule has 0 fully saturated rings. The van der Waals surface area contributed by atoms with Crippen molar-refractivity contribution in [2.45, 2.75) is 6.92 Å². The zero-order valence-corrected chi connectivity index (χ0v) is 2.41. The Morgan fingerprint density at radius 1 is 2.00 bits per heavy atom. The first kappa shape index (κ1) is 3.67. The first-order valence-corrected chi connectivity index (χ1v) is 0.954. The van der Waals surface area contributed by atoms with Crippen LogP contribution in [0.1, 0.15) is 6.92 Å². The molecule has 0 aromatic carbocycles. The van der Waals surface area contributed by atoms with Gasteiger partial charge in [-0.25, -0.2) is 0 Å². The van der Waals surface area contributed by atoms with Crippen molar-refractivity contribution in [2.24, 2.45) is 0 Å². The highest BCUT2D eigenvalue weighted by molar-refractivity contribution is 5.79. The quantitative estimate of drug-likeness (QED) is 0.385. The summed E-state index contributed by atoms with van der Waals surface area (Å²) in [6.45, 7) is 7.14. The van der Waals surface area contributed by atoms with Gasteiger partial charge in [0.25, 0.3) is 0 Å². The molecule has 0 saturated heterocycles. The fourth-order valence-corrected chi connectivity index (χ4v) is 0. The second kappa shape index (κ2) is 1.04. The molecule has 0 saturated carbocycles. The van der Waals surface area contributed by atoms with Crippen LogP contribution in [0.4, 0.5) is 0 Å². The first-order valence-electron chi connectivity index (χ1n) is 0.954. The van der Waals surface area contributed by atoms with Gasteiger partial charge in [-0.3, -0.25) is 4.79 Å². The Kier molecular flexibility index (Phi) is 0.958. The number of carbonyl (C=O) groups is 1. The van der Waals surface area contributed by atoms with Crippen LogP contribution in [0.5, 0.6) is 0 Å². The van der Waals surface area contributed by atoms with Crippen molar-refractivity contribution in [3.8, 4) is 0 Å². The normalized spacial score (nSPS) is 6.50. The van der Waals surface area contributed by atoms with Crippen molar-refractivity contribution in [3.05, 3.63) is 6.92 Å². The third-order valence-electron chi connectivity index (χ3n) is 0. The molecule has 0 amide bonds. The monoisotopic (exact) mass is 55.0 g/mol. The molecule has 0 heterocycles. The Labute approximate surface area is 25.6 Å². The third kappa shape index (κ3) is 6.88. The Balaban J connectivity index is 2.80. The van der Waals surface area contributed by atoms with Crippen molar-refractivity contribution in [1.29, 1.82) is 0 Å². The molecule has 21 valence electrons. The molecule has 0 aliphatic rings. The van der Waals surface area contributed by atoms with Gasteiger partial charge >= 0.3 is 0 Å². The fourth-order valence-electron chi connectivity index (χ4n) is 0. The van der Waals surface area contributed by atoms with E-state index in [4.69, 9.17) is 11.7 Å². The standard InChI is InChI=1S/C3H3O/c1-3(2)4/h1H3. The molecule has 1 nitrogen and oxygen atoms in total. The number of Topliss-reactive ketones (excluding diaryl/α,β-unsaturated/α-hetero) is 1. The Hall–Kier alpha value is -0.330.